The molecule has 0 N–H and O–H groups in total. The van der Waals surface area contributed by atoms with E-state index >= 15 is 0 Å². The molecule has 1 saturated heterocycles. The van der Waals surface area contributed by atoms with Gasteiger partial charge >= 0.3 is 0 Å². The first kappa shape index (κ1) is 20.3. The van der Waals surface area contributed by atoms with E-state index in [1.165, 1.54) is 10.6 Å². The van der Waals surface area contributed by atoms with Crippen molar-refractivity contribution in [2.75, 3.05) is 24.6 Å². The molecule has 1 aromatic carbocycles. The maximum atomic E-state index is 14.8. The Bertz CT molecular complexity index is 1380. The number of ether oxygens (including phenoxy) is 1. The third-order valence-corrected chi connectivity index (χ3v) is 5.89. The number of aromatic nitrogens is 5. The Morgan fingerprint density at radius 3 is 2.75 bits per heavy atom. The first-order valence-electron chi connectivity index (χ1n) is 10.4. The van der Waals surface area contributed by atoms with Crippen molar-refractivity contribution in [1.29, 1.82) is 0 Å². The number of rotatable bonds is 3. The van der Waals surface area contributed by atoms with E-state index in [4.69, 9.17) is 9.72 Å². The average molecular weight is 434 g/mol. The normalized spacial score (nSPS) is 16.6. The lowest BCUT2D eigenvalue weighted by Crippen LogP contribution is -2.39. The van der Waals surface area contributed by atoms with Crippen LogP contribution in [-0.2, 0) is 18.8 Å². The highest BCUT2D eigenvalue weighted by molar-refractivity contribution is 5.93. The minimum Gasteiger partial charge on any atom is -0.370 e. The summed E-state index contributed by atoms with van der Waals surface area (Å²) in [6, 6.07) is 8.16. The molecule has 9 heteroatoms. The SMILES string of the molecule is Cc1nc2cc(N3CCOC(c4cnn(C)c4)C3)nc(-c3ccccc3F)c2c(=O)n1C. The van der Waals surface area contributed by atoms with E-state index in [-0.39, 0.29) is 17.2 Å². The Morgan fingerprint density at radius 1 is 1.19 bits per heavy atom. The predicted molar refractivity (Wildman–Crippen MR) is 119 cm³/mol. The number of pyridine rings is 1. The number of nitrogens with zero attached hydrogens (tertiary/aromatic N) is 6. The predicted octanol–water partition coefficient (Wildman–Crippen LogP) is 2.75. The molecular weight excluding hydrogens is 411 g/mol. The van der Waals surface area contributed by atoms with E-state index in [9.17, 15) is 9.18 Å². The van der Waals surface area contributed by atoms with Crippen LogP contribution in [0.3, 0.4) is 0 Å². The molecule has 5 rings (SSSR count). The smallest absolute Gasteiger partial charge is 0.263 e. The van der Waals surface area contributed by atoms with Gasteiger partial charge in [-0.3, -0.25) is 14.0 Å². The molecule has 8 nitrogen and oxygen atoms in total. The lowest BCUT2D eigenvalue weighted by molar-refractivity contribution is 0.0395. The van der Waals surface area contributed by atoms with E-state index in [0.717, 1.165) is 5.56 Å². The molecule has 0 radical (unpaired) electrons. The molecule has 164 valence electrons. The molecule has 0 aliphatic carbocycles. The maximum absolute atomic E-state index is 14.8. The molecule has 0 saturated carbocycles. The Kier molecular flexibility index (Phi) is 4.97. The highest BCUT2D eigenvalue weighted by atomic mass is 19.1. The molecule has 1 atom stereocenters. The van der Waals surface area contributed by atoms with Crippen LogP contribution in [0.1, 0.15) is 17.5 Å². The van der Waals surface area contributed by atoms with Crippen LogP contribution in [0.4, 0.5) is 10.2 Å². The minimum absolute atomic E-state index is 0.162. The Labute approximate surface area is 183 Å². The topological polar surface area (TPSA) is 78.1 Å². The summed E-state index contributed by atoms with van der Waals surface area (Å²) in [5.74, 6) is 0.777. The first-order chi connectivity index (χ1) is 15.4. The van der Waals surface area contributed by atoms with Crippen molar-refractivity contribution >= 4 is 16.7 Å². The van der Waals surface area contributed by atoms with E-state index in [0.29, 0.717) is 47.9 Å². The monoisotopic (exact) mass is 434 g/mol. The average Bonchev–Trinajstić information content (AvgIpc) is 3.23. The number of anilines is 1. The number of fused-ring (bicyclic) bond motifs is 1. The van der Waals surface area contributed by atoms with Crippen LogP contribution in [0.15, 0.2) is 47.5 Å². The fourth-order valence-corrected chi connectivity index (χ4v) is 4.06. The van der Waals surface area contributed by atoms with Gasteiger partial charge in [-0.2, -0.15) is 5.10 Å². The maximum Gasteiger partial charge on any atom is 0.263 e. The fourth-order valence-electron chi connectivity index (χ4n) is 4.06. The molecule has 3 aromatic heterocycles. The molecule has 4 aromatic rings. The lowest BCUT2D eigenvalue weighted by Gasteiger charge is -2.33. The standard InChI is InChI=1S/C23H23FN6O2/c1-14-26-18-10-20(30-8-9-32-19(13-30)15-11-25-28(2)12-15)27-22(21(18)23(31)29(14)3)16-6-4-5-7-17(16)24/h4-7,10-12,19H,8-9,13H2,1-3H3. The van der Waals surface area contributed by atoms with Gasteiger partial charge in [0, 0.05) is 50.6 Å². The molecule has 1 fully saturated rings. The van der Waals surface area contributed by atoms with E-state index in [1.54, 1.807) is 49.1 Å². The van der Waals surface area contributed by atoms with E-state index in [2.05, 4.69) is 15.0 Å². The quantitative estimate of drug-likeness (QED) is 0.494. The Balaban J connectivity index is 1.67. The minimum atomic E-state index is -0.434. The summed E-state index contributed by atoms with van der Waals surface area (Å²) in [6.07, 6.45) is 3.56. The summed E-state index contributed by atoms with van der Waals surface area (Å²) >= 11 is 0. The van der Waals surface area contributed by atoms with Gasteiger partial charge in [-0.15, -0.1) is 0 Å². The van der Waals surface area contributed by atoms with Crippen molar-refractivity contribution in [1.82, 2.24) is 24.3 Å². The molecule has 1 aliphatic rings. The summed E-state index contributed by atoms with van der Waals surface area (Å²) in [7, 11) is 3.52. The van der Waals surface area contributed by atoms with Crippen LogP contribution < -0.4 is 10.5 Å². The molecule has 0 bridgehead atoms. The van der Waals surface area contributed by atoms with Crippen LogP contribution in [0.25, 0.3) is 22.2 Å². The van der Waals surface area contributed by atoms with Gasteiger partial charge in [0.2, 0.25) is 0 Å². The molecule has 1 unspecified atom stereocenters. The van der Waals surface area contributed by atoms with Crippen molar-refractivity contribution in [3.63, 3.8) is 0 Å². The first-order valence-corrected chi connectivity index (χ1v) is 10.4. The fraction of sp³-hybridized carbons (Fsp3) is 0.304. The van der Waals surface area contributed by atoms with Crippen LogP contribution in [0.2, 0.25) is 0 Å². The van der Waals surface area contributed by atoms with Gasteiger partial charge in [0.15, 0.2) is 0 Å². The van der Waals surface area contributed by atoms with Gasteiger partial charge in [0.1, 0.15) is 23.6 Å². The number of benzene rings is 1. The molecule has 1 aliphatic heterocycles. The van der Waals surface area contributed by atoms with Crippen molar-refractivity contribution in [2.24, 2.45) is 14.1 Å². The molecular formula is C23H23FN6O2. The van der Waals surface area contributed by atoms with Crippen LogP contribution >= 0.6 is 0 Å². The zero-order valence-corrected chi connectivity index (χ0v) is 18.1. The second-order valence-electron chi connectivity index (χ2n) is 7.98. The number of halogens is 1. The van der Waals surface area contributed by atoms with Gasteiger partial charge in [-0.1, -0.05) is 12.1 Å². The number of hydrogen-bond acceptors (Lipinski definition) is 6. The Hall–Kier alpha value is -3.59. The van der Waals surface area contributed by atoms with E-state index < -0.39 is 5.82 Å². The largest absolute Gasteiger partial charge is 0.370 e. The third-order valence-electron chi connectivity index (χ3n) is 5.89. The summed E-state index contributed by atoms with van der Waals surface area (Å²) in [5.41, 5.74) is 1.81. The summed E-state index contributed by atoms with van der Waals surface area (Å²) in [4.78, 5) is 24.6. The molecule has 32 heavy (non-hydrogen) atoms. The number of aryl methyl sites for hydroxylation is 2. The van der Waals surface area contributed by atoms with Crippen molar-refractivity contribution in [3.05, 3.63) is 70.3 Å². The van der Waals surface area contributed by atoms with E-state index in [1.807, 2.05) is 13.2 Å². The van der Waals surface area contributed by atoms with Crippen molar-refractivity contribution in [2.45, 2.75) is 13.0 Å². The van der Waals surface area contributed by atoms with Crippen molar-refractivity contribution in [3.8, 4) is 11.3 Å². The zero-order chi connectivity index (χ0) is 22.4. The molecule has 0 spiro atoms. The second kappa shape index (κ2) is 7.83. The van der Waals surface area contributed by atoms with Crippen LogP contribution in [-0.4, -0.2) is 44.0 Å². The highest BCUT2D eigenvalue weighted by Crippen LogP contribution is 2.31. The highest BCUT2D eigenvalue weighted by Gasteiger charge is 2.26. The molecule has 0 amide bonds. The summed E-state index contributed by atoms with van der Waals surface area (Å²) < 4.78 is 23.9. The van der Waals surface area contributed by atoms with Crippen LogP contribution in [0.5, 0.6) is 0 Å². The number of hydrogen-bond donors (Lipinski definition) is 0. The van der Waals surface area contributed by atoms with Gasteiger partial charge in [-0.05, 0) is 19.1 Å². The molecule has 4 heterocycles. The van der Waals surface area contributed by atoms with Gasteiger partial charge in [0.05, 0.1) is 29.4 Å². The summed E-state index contributed by atoms with van der Waals surface area (Å²) in [5, 5.41) is 4.54. The van der Waals surface area contributed by atoms with Crippen LogP contribution in [0, 0.1) is 12.7 Å². The second-order valence-corrected chi connectivity index (χ2v) is 7.98. The lowest BCUT2D eigenvalue weighted by atomic mass is 10.1. The van der Waals surface area contributed by atoms with Gasteiger partial charge < -0.3 is 9.64 Å². The third kappa shape index (κ3) is 3.44. The van der Waals surface area contributed by atoms with Gasteiger partial charge in [-0.25, -0.2) is 14.4 Å². The summed E-state index contributed by atoms with van der Waals surface area (Å²) in [6.45, 7) is 3.47. The Morgan fingerprint density at radius 2 is 2.00 bits per heavy atom. The van der Waals surface area contributed by atoms with Gasteiger partial charge in [0.25, 0.3) is 5.56 Å². The van der Waals surface area contributed by atoms with Crippen molar-refractivity contribution < 1.29 is 9.13 Å². The zero-order valence-electron chi connectivity index (χ0n) is 18.1. The number of morpholine rings is 1.